The van der Waals surface area contributed by atoms with Gasteiger partial charge in [0, 0.05) is 94.4 Å². The molecule has 17 heteroatoms. The number of imide groups is 2. The van der Waals surface area contributed by atoms with Crippen molar-refractivity contribution >= 4 is 35.3 Å². The first-order valence-electron chi connectivity index (χ1n) is 23.1. The molecule has 65 heavy (non-hydrogen) atoms. The van der Waals surface area contributed by atoms with Crippen LogP contribution in [0, 0.1) is 5.92 Å². The van der Waals surface area contributed by atoms with Crippen LogP contribution >= 0.6 is 0 Å². The van der Waals surface area contributed by atoms with Crippen molar-refractivity contribution in [1.82, 2.24) is 39.7 Å². The number of urea groups is 1. The van der Waals surface area contributed by atoms with E-state index in [4.69, 9.17) is 9.47 Å². The molecule has 4 atom stereocenters. The molecule has 2 bridgehead atoms. The maximum absolute atomic E-state index is 13.8. The number of fused-ring (bicyclic) bond motifs is 4. The molecule has 3 saturated heterocycles. The van der Waals surface area contributed by atoms with Gasteiger partial charge in [0.2, 0.25) is 11.8 Å². The molecule has 5 aliphatic heterocycles. The average molecular weight is 892 g/mol. The van der Waals surface area contributed by atoms with Crippen LogP contribution in [0.3, 0.4) is 0 Å². The second-order valence-corrected chi connectivity index (χ2v) is 18.8. The number of piperazine rings is 1. The summed E-state index contributed by atoms with van der Waals surface area (Å²) in [7, 11) is 9.08. The summed E-state index contributed by atoms with van der Waals surface area (Å²) in [6.07, 6.45) is 6.93. The number of carbonyl (C=O) groups excluding carboxylic acids is 5. The predicted molar refractivity (Wildman–Crippen MR) is 243 cm³/mol. The van der Waals surface area contributed by atoms with E-state index in [2.05, 4.69) is 30.2 Å². The number of unbranched alkanes of at least 4 members (excludes halogenated alkanes) is 1. The Morgan fingerprint density at radius 3 is 2.25 bits per heavy atom. The Morgan fingerprint density at radius 2 is 1.57 bits per heavy atom. The molecule has 0 radical (unpaired) electrons. The van der Waals surface area contributed by atoms with E-state index in [-0.39, 0.29) is 37.0 Å². The van der Waals surface area contributed by atoms with Crippen LogP contribution in [0.5, 0.6) is 11.5 Å². The van der Waals surface area contributed by atoms with Gasteiger partial charge in [0.25, 0.3) is 17.4 Å². The number of likely N-dealkylation sites (tertiary alicyclic amines) is 1. The predicted octanol–water partition coefficient (Wildman–Crippen LogP) is 2.67. The number of hydrogen-bond acceptors (Lipinski definition) is 12. The van der Waals surface area contributed by atoms with Crippen molar-refractivity contribution in [2.75, 3.05) is 85.6 Å². The van der Waals surface area contributed by atoms with Crippen LogP contribution in [0.1, 0.15) is 75.9 Å². The molecule has 0 spiro atoms. The lowest BCUT2D eigenvalue weighted by atomic mass is 9.91. The van der Waals surface area contributed by atoms with Crippen molar-refractivity contribution in [1.29, 1.82) is 0 Å². The van der Waals surface area contributed by atoms with E-state index >= 15 is 0 Å². The fourth-order valence-corrected chi connectivity index (χ4v) is 11.1. The number of rotatable bonds is 13. The Morgan fingerprint density at radius 1 is 0.846 bits per heavy atom. The molecule has 6 heterocycles. The number of carbonyl (C=O) groups is 5. The van der Waals surface area contributed by atoms with E-state index < -0.39 is 29.7 Å². The summed E-state index contributed by atoms with van der Waals surface area (Å²) < 4.78 is 13.2. The number of nitrogens with one attached hydrogen (secondary N) is 2. The Hall–Kier alpha value is -5.78. The van der Waals surface area contributed by atoms with Gasteiger partial charge in [0.15, 0.2) is 0 Å². The largest absolute Gasteiger partial charge is 0.496 e. The molecule has 9 rings (SSSR count). The van der Waals surface area contributed by atoms with E-state index in [1.54, 1.807) is 42.9 Å². The topological polar surface area (TPSA) is 169 Å². The lowest BCUT2D eigenvalue weighted by Crippen LogP contribution is -2.54. The van der Waals surface area contributed by atoms with E-state index in [0.717, 1.165) is 116 Å². The fraction of sp³-hybridized carbons (Fsp3) is 0.542. The lowest BCUT2D eigenvalue weighted by Gasteiger charge is -2.36. The normalized spacial score (nSPS) is 23.3. The highest BCUT2D eigenvalue weighted by Crippen LogP contribution is 2.40. The molecule has 2 N–H and O–H groups in total. The Balaban J connectivity index is 0.723. The number of aryl methyl sites for hydroxylation is 1. The molecule has 17 nitrogen and oxygen atoms in total. The summed E-state index contributed by atoms with van der Waals surface area (Å²) in [5.41, 5.74) is 5.84. The second-order valence-electron chi connectivity index (χ2n) is 18.8. The van der Waals surface area contributed by atoms with Crippen molar-refractivity contribution < 1.29 is 33.4 Å². The fourth-order valence-electron chi connectivity index (χ4n) is 11.1. The number of methoxy groups -OCH3 is 2. The summed E-state index contributed by atoms with van der Waals surface area (Å²) in [6.45, 7) is 7.90. The standard InChI is InChI=1S/C48H61N9O8/c1-51(2)26-38-41(64-4)21-29(22-42(38)65-5)36-27-52(3)45(60)37-28-56(15-12-33(36)37)48(63)49-39-24-32-20-30(39)25-55(32)14-7-6-13-53-16-18-54(19-17-53)31-8-9-34-35(23-31)47(62)57(46(34)61)40-10-11-43(58)50-44(40)59/h8-9,21-23,27,30,32,39-40H,6-7,10-20,24-26,28H2,1-5H3,(H,49,63)(H,50,58,59). The molecule has 2 aromatic carbocycles. The number of amides is 6. The van der Waals surface area contributed by atoms with Gasteiger partial charge >= 0.3 is 6.03 Å². The number of nitrogens with zero attached hydrogens (tertiary/aromatic N) is 7. The van der Waals surface area contributed by atoms with Crippen LogP contribution in [0.15, 0.2) is 41.3 Å². The minimum atomic E-state index is -0.974. The van der Waals surface area contributed by atoms with E-state index in [1.165, 1.54) is 0 Å². The highest BCUT2D eigenvalue weighted by Gasteiger charge is 2.46. The Labute approximate surface area is 379 Å². The zero-order valence-electron chi connectivity index (χ0n) is 38.2. The maximum Gasteiger partial charge on any atom is 0.317 e. The molecule has 1 aliphatic carbocycles. The number of pyridine rings is 1. The molecular formula is C48H61N9O8. The first-order chi connectivity index (χ1) is 31.3. The summed E-state index contributed by atoms with van der Waals surface area (Å²) >= 11 is 0. The van der Waals surface area contributed by atoms with Gasteiger partial charge in [-0.25, -0.2) is 4.79 Å². The third kappa shape index (κ3) is 8.61. The van der Waals surface area contributed by atoms with Gasteiger partial charge in [-0.1, -0.05) is 0 Å². The maximum atomic E-state index is 13.8. The van der Waals surface area contributed by atoms with Crippen LogP contribution in [0.4, 0.5) is 10.5 Å². The van der Waals surface area contributed by atoms with Crippen molar-refractivity contribution in [2.45, 2.75) is 76.2 Å². The number of piperidine rings is 2. The lowest BCUT2D eigenvalue weighted by molar-refractivity contribution is -0.136. The summed E-state index contributed by atoms with van der Waals surface area (Å²) in [5.74, 6) is -0.103. The summed E-state index contributed by atoms with van der Waals surface area (Å²) in [6, 6.07) is 8.88. The van der Waals surface area contributed by atoms with Gasteiger partial charge < -0.3 is 34.1 Å². The molecule has 1 saturated carbocycles. The first-order valence-corrected chi connectivity index (χ1v) is 23.1. The van der Waals surface area contributed by atoms with Gasteiger partial charge in [-0.2, -0.15) is 0 Å². The number of hydrogen-bond donors (Lipinski definition) is 2. The van der Waals surface area contributed by atoms with Gasteiger partial charge in [0.1, 0.15) is 17.5 Å². The SMILES string of the molecule is COc1cc(-c2cn(C)c(=O)c3c2CCN(C(=O)NC2CC4CC2CN4CCCCN2CCN(c4ccc5c(c4)C(=O)N(C4CCC(=O)NC4=O)C5=O)CC2)C3)cc(OC)c1CN(C)C. The second kappa shape index (κ2) is 18.2. The monoisotopic (exact) mass is 891 g/mol. The first kappa shape index (κ1) is 44.4. The smallest absolute Gasteiger partial charge is 0.317 e. The Kier molecular flexibility index (Phi) is 12.5. The van der Waals surface area contributed by atoms with Gasteiger partial charge in [-0.15, -0.1) is 0 Å². The molecule has 3 aromatic rings. The third-order valence-corrected chi connectivity index (χ3v) is 14.5. The minimum Gasteiger partial charge on any atom is -0.496 e. The average Bonchev–Trinajstić information content (AvgIpc) is 3.96. The van der Waals surface area contributed by atoms with Crippen LogP contribution in [-0.4, -0.2) is 158 Å². The molecule has 6 amide bonds. The van der Waals surface area contributed by atoms with Crippen molar-refractivity contribution in [3.8, 4) is 22.6 Å². The summed E-state index contributed by atoms with van der Waals surface area (Å²) in [4.78, 5) is 90.1. The molecule has 346 valence electrons. The Bertz CT molecular complexity index is 2440. The van der Waals surface area contributed by atoms with Crippen LogP contribution < -0.4 is 30.6 Å². The zero-order valence-corrected chi connectivity index (χ0v) is 38.2. The highest BCUT2D eigenvalue weighted by molar-refractivity contribution is 6.23. The van der Waals surface area contributed by atoms with E-state index in [0.29, 0.717) is 48.2 Å². The van der Waals surface area contributed by atoms with Gasteiger partial charge in [-0.05, 0) is 113 Å². The minimum absolute atomic E-state index is 0.0848. The van der Waals surface area contributed by atoms with Crippen molar-refractivity contribution in [3.05, 3.63) is 74.7 Å². The van der Waals surface area contributed by atoms with Crippen LogP contribution in [0.2, 0.25) is 0 Å². The zero-order chi connectivity index (χ0) is 45.7. The number of ether oxygens (including phenoxy) is 2. The molecular weight excluding hydrogens is 831 g/mol. The van der Waals surface area contributed by atoms with Gasteiger partial charge in [-0.3, -0.25) is 44.0 Å². The number of anilines is 1. The molecule has 4 fully saturated rings. The van der Waals surface area contributed by atoms with Crippen LogP contribution in [-0.2, 0) is 36.1 Å². The van der Waals surface area contributed by atoms with E-state index in [1.807, 2.05) is 38.5 Å². The number of benzene rings is 2. The van der Waals surface area contributed by atoms with Crippen molar-refractivity contribution in [3.63, 3.8) is 0 Å². The summed E-state index contributed by atoms with van der Waals surface area (Å²) in [5, 5.41) is 5.62. The molecule has 6 aliphatic rings. The quantitative estimate of drug-likeness (QED) is 0.191. The third-order valence-electron chi connectivity index (χ3n) is 14.5. The molecule has 1 aromatic heterocycles. The van der Waals surface area contributed by atoms with E-state index in [9.17, 15) is 28.8 Å². The number of aromatic nitrogens is 1. The van der Waals surface area contributed by atoms with Crippen molar-refractivity contribution in [2.24, 2.45) is 13.0 Å². The van der Waals surface area contributed by atoms with Crippen LogP contribution in [0.25, 0.3) is 11.1 Å². The highest BCUT2D eigenvalue weighted by atomic mass is 16.5. The molecule has 4 unspecified atom stereocenters. The van der Waals surface area contributed by atoms with Gasteiger partial charge in [0.05, 0.1) is 37.5 Å².